The molecule has 2 rings (SSSR count). The van der Waals surface area contributed by atoms with Gasteiger partial charge in [-0.1, -0.05) is 6.92 Å². The summed E-state index contributed by atoms with van der Waals surface area (Å²) in [5, 5.41) is 7.88. The first-order chi connectivity index (χ1) is 9.58. The third-order valence-corrected chi connectivity index (χ3v) is 4.74. The summed E-state index contributed by atoms with van der Waals surface area (Å²) < 4.78 is 3.06. The van der Waals surface area contributed by atoms with Crippen molar-refractivity contribution in [2.45, 2.75) is 32.7 Å². The molecule has 1 unspecified atom stereocenters. The fraction of sp³-hybridized carbons (Fsp3) is 0.467. The van der Waals surface area contributed by atoms with Crippen LogP contribution in [0.5, 0.6) is 0 Å². The van der Waals surface area contributed by atoms with E-state index in [1.165, 1.54) is 16.8 Å². The summed E-state index contributed by atoms with van der Waals surface area (Å²) in [6, 6.07) is 2.37. The van der Waals surface area contributed by atoms with Gasteiger partial charge in [0.2, 0.25) is 0 Å². The summed E-state index contributed by atoms with van der Waals surface area (Å²) in [6.45, 7) is 4.18. The Hall–Kier alpha value is -1.20. The quantitative estimate of drug-likeness (QED) is 0.912. The maximum atomic E-state index is 4.46. The van der Waals surface area contributed by atoms with Crippen LogP contribution in [0.1, 0.15) is 35.5 Å². The third kappa shape index (κ3) is 2.94. The second-order valence-electron chi connectivity index (χ2n) is 4.94. The Morgan fingerprint density at radius 1 is 1.45 bits per heavy atom. The van der Waals surface area contributed by atoms with Gasteiger partial charge in [0.05, 0.1) is 15.9 Å². The zero-order valence-electron chi connectivity index (χ0n) is 12.4. The molecule has 0 spiro atoms. The number of aryl methyl sites for hydroxylation is 3. The lowest BCUT2D eigenvalue weighted by Gasteiger charge is -2.19. The van der Waals surface area contributed by atoms with E-state index in [0.717, 1.165) is 23.0 Å². The summed E-state index contributed by atoms with van der Waals surface area (Å²) in [4.78, 5) is 4.22. The molecule has 0 bridgehead atoms. The molecule has 0 fully saturated rings. The summed E-state index contributed by atoms with van der Waals surface area (Å²) in [7, 11) is 3.99. The molecule has 0 saturated carbocycles. The van der Waals surface area contributed by atoms with Gasteiger partial charge in [-0.3, -0.25) is 9.67 Å². The lowest BCUT2D eigenvalue weighted by molar-refractivity contribution is 0.555. The van der Waals surface area contributed by atoms with Crippen LogP contribution in [-0.2, 0) is 19.9 Å². The van der Waals surface area contributed by atoms with Crippen molar-refractivity contribution in [1.82, 2.24) is 20.1 Å². The molecule has 2 heterocycles. The lowest BCUT2D eigenvalue weighted by atomic mass is 9.97. The highest BCUT2D eigenvalue weighted by Gasteiger charge is 2.18. The summed E-state index contributed by atoms with van der Waals surface area (Å²) in [6.07, 6.45) is 5.71. The van der Waals surface area contributed by atoms with Gasteiger partial charge in [-0.15, -0.1) is 0 Å². The fourth-order valence-electron chi connectivity index (χ4n) is 2.54. The van der Waals surface area contributed by atoms with Crippen LogP contribution in [0, 0.1) is 6.92 Å². The number of rotatable bonds is 5. The molecule has 4 nitrogen and oxygen atoms in total. The van der Waals surface area contributed by atoms with Crippen LogP contribution in [0.15, 0.2) is 22.9 Å². The predicted octanol–water partition coefficient (Wildman–Crippen LogP) is 2.95. The van der Waals surface area contributed by atoms with Crippen molar-refractivity contribution >= 4 is 15.9 Å². The van der Waals surface area contributed by atoms with Crippen molar-refractivity contribution in [1.29, 1.82) is 0 Å². The zero-order valence-corrected chi connectivity index (χ0v) is 14.0. The van der Waals surface area contributed by atoms with E-state index in [1.54, 1.807) is 0 Å². The standard InChI is InChI=1S/C15H21BrN4/c1-5-11-9-18-7-6-12(11)13(17-3)8-14-15(16)10(2)19-20(14)4/h6-7,9,13,17H,5,8H2,1-4H3. The molecular weight excluding hydrogens is 316 g/mol. The Morgan fingerprint density at radius 3 is 2.75 bits per heavy atom. The Labute approximate surface area is 128 Å². The normalized spacial score (nSPS) is 12.7. The van der Waals surface area contributed by atoms with Gasteiger partial charge in [-0.05, 0) is 53.5 Å². The molecule has 0 radical (unpaired) electrons. The first-order valence-electron chi connectivity index (χ1n) is 6.86. The number of halogens is 1. The van der Waals surface area contributed by atoms with E-state index < -0.39 is 0 Å². The molecule has 0 amide bonds. The van der Waals surface area contributed by atoms with E-state index in [-0.39, 0.29) is 6.04 Å². The molecule has 20 heavy (non-hydrogen) atoms. The Kier molecular flexibility index (Phi) is 4.94. The molecule has 2 aromatic rings. The Balaban J connectivity index is 2.34. The van der Waals surface area contributed by atoms with Crippen LogP contribution in [0.2, 0.25) is 0 Å². The van der Waals surface area contributed by atoms with Crippen molar-refractivity contribution in [2.24, 2.45) is 7.05 Å². The van der Waals surface area contributed by atoms with Crippen molar-refractivity contribution < 1.29 is 0 Å². The van der Waals surface area contributed by atoms with E-state index in [9.17, 15) is 0 Å². The highest BCUT2D eigenvalue weighted by Crippen LogP contribution is 2.27. The van der Waals surface area contributed by atoms with Gasteiger partial charge in [0.25, 0.3) is 0 Å². The lowest BCUT2D eigenvalue weighted by Crippen LogP contribution is -2.21. The minimum Gasteiger partial charge on any atom is -0.313 e. The largest absolute Gasteiger partial charge is 0.313 e. The number of likely N-dealkylation sites (N-methyl/N-ethyl adjacent to an activating group) is 1. The Bertz CT molecular complexity index is 592. The summed E-state index contributed by atoms with van der Waals surface area (Å²) in [5.41, 5.74) is 4.85. The van der Waals surface area contributed by atoms with Gasteiger partial charge >= 0.3 is 0 Å². The fourth-order valence-corrected chi connectivity index (χ4v) is 3.03. The number of aromatic nitrogens is 3. The van der Waals surface area contributed by atoms with Gasteiger partial charge in [-0.25, -0.2) is 0 Å². The van der Waals surface area contributed by atoms with Crippen molar-refractivity contribution in [3.63, 3.8) is 0 Å². The van der Waals surface area contributed by atoms with Gasteiger partial charge < -0.3 is 5.32 Å². The van der Waals surface area contributed by atoms with Gasteiger partial charge in [0, 0.05) is 31.9 Å². The van der Waals surface area contributed by atoms with E-state index >= 15 is 0 Å². The van der Waals surface area contributed by atoms with Gasteiger partial charge in [0.1, 0.15) is 0 Å². The number of hydrogen-bond donors (Lipinski definition) is 1. The highest BCUT2D eigenvalue weighted by atomic mass is 79.9. The van der Waals surface area contributed by atoms with Crippen LogP contribution in [0.4, 0.5) is 0 Å². The van der Waals surface area contributed by atoms with Crippen LogP contribution < -0.4 is 5.32 Å². The second-order valence-corrected chi connectivity index (χ2v) is 5.74. The maximum Gasteiger partial charge on any atom is 0.0738 e. The smallest absolute Gasteiger partial charge is 0.0738 e. The second kappa shape index (κ2) is 6.50. The van der Waals surface area contributed by atoms with Gasteiger partial charge in [-0.2, -0.15) is 5.10 Å². The molecule has 1 N–H and O–H groups in total. The van der Waals surface area contributed by atoms with E-state index in [2.05, 4.69) is 44.3 Å². The van der Waals surface area contributed by atoms with Crippen molar-refractivity contribution in [2.75, 3.05) is 7.05 Å². The zero-order chi connectivity index (χ0) is 14.7. The number of hydrogen-bond acceptors (Lipinski definition) is 3. The summed E-state index contributed by atoms with van der Waals surface area (Å²) in [5.74, 6) is 0. The van der Waals surface area contributed by atoms with Crippen molar-refractivity contribution in [3.05, 3.63) is 45.4 Å². The van der Waals surface area contributed by atoms with E-state index in [4.69, 9.17) is 0 Å². The molecule has 0 aliphatic carbocycles. The van der Waals surface area contributed by atoms with Crippen molar-refractivity contribution in [3.8, 4) is 0 Å². The summed E-state index contributed by atoms with van der Waals surface area (Å²) >= 11 is 3.64. The molecule has 0 aromatic carbocycles. The topological polar surface area (TPSA) is 42.7 Å². The molecule has 1 atom stereocenters. The van der Waals surface area contributed by atoms with Gasteiger partial charge in [0.15, 0.2) is 0 Å². The SMILES string of the molecule is CCc1cnccc1C(Cc1c(Br)c(C)nn1C)NC. The molecule has 0 aliphatic heterocycles. The van der Waals surface area contributed by atoms with Crippen LogP contribution >= 0.6 is 15.9 Å². The number of nitrogens with one attached hydrogen (secondary N) is 1. The van der Waals surface area contributed by atoms with Crippen LogP contribution in [0.25, 0.3) is 0 Å². The van der Waals surface area contributed by atoms with Crippen LogP contribution in [0.3, 0.4) is 0 Å². The molecular formula is C15H21BrN4. The molecule has 0 aliphatic rings. The molecule has 108 valence electrons. The number of nitrogens with zero attached hydrogens (tertiary/aromatic N) is 3. The van der Waals surface area contributed by atoms with Crippen LogP contribution in [-0.4, -0.2) is 21.8 Å². The first-order valence-corrected chi connectivity index (χ1v) is 7.65. The predicted molar refractivity (Wildman–Crippen MR) is 84.8 cm³/mol. The monoisotopic (exact) mass is 336 g/mol. The third-order valence-electron chi connectivity index (χ3n) is 3.71. The maximum absolute atomic E-state index is 4.46. The average molecular weight is 337 g/mol. The minimum atomic E-state index is 0.263. The van der Waals surface area contributed by atoms with E-state index in [0.29, 0.717) is 0 Å². The van der Waals surface area contributed by atoms with E-state index in [1.807, 2.05) is 38.1 Å². The molecule has 2 aromatic heterocycles. The molecule has 5 heteroatoms. The molecule has 0 saturated heterocycles. The minimum absolute atomic E-state index is 0.263. The Morgan fingerprint density at radius 2 is 2.20 bits per heavy atom. The highest BCUT2D eigenvalue weighted by molar-refractivity contribution is 9.10. The average Bonchev–Trinajstić information content (AvgIpc) is 2.70. The first kappa shape index (κ1) is 15.2. The number of pyridine rings is 1.